The van der Waals surface area contributed by atoms with Crippen molar-refractivity contribution in [1.82, 2.24) is 0 Å². The molecule has 5 rings (SSSR count). The molecule has 8 heteroatoms. The average molecular weight is 497 g/mol. The van der Waals surface area contributed by atoms with Crippen LogP contribution < -0.4 is 9.80 Å². The maximum Gasteiger partial charge on any atom is 0.264 e. The summed E-state index contributed by atoms with van der Waals surface area (Å²) < 4.78 is 22.0. The first-order chi connectivity index (χ1) is 16.7. The van der Waals surface area contributed by atoms with Gasteiger partial charge in [0, 0.05) is 42.3 Å². The second kappa shape index (κ2) is 8.83. The maximum atomic E-state index is 15.5. The molecule has 4 atom stereocenters. The lowest BCUT2D eigenvalue weighted by Crippen LogP contribution is -2.45. The van der Waals surface area contributed by atoms with E-state index in [2.05, 4.69) is 0 Å². The fourth-order valence-electron chi connectivity index (χ4n) is 6.44. The summed E-state index contributed by atoms with van der Waals surface area (Å²) in [6, 6.07) is 15.4. The molecule has 1 N–H and O–H groups in total. The number of carbonyl (C=O) groups is 2. The van der Waals surface area contributed by atoms with Crippen molar-refractivity contribution in [2.45, 2.75) is 63.1 Å². The molecule has 186 valence electrons. The molecule has 2 fully saturated rings. The SMILES string of the molecule is C[C@H]1[C@H]([Si](C)(C)F)[C@@H](CCO)O[C@]12C(=O)N(Cc1ccc(N3CCCC3=O)cc1)c1ccccc12. The zero-order valence-corrected chi connectivity index (χ0v) is 21.5. The number of ether oxygens (including phenoxy) is 1. The normalized spacial score (nSPS) is 28.4. The van der Waals surface area contributed by atoms with Gasteiger partial charge >= 0.3 is 0 Å². The summed E-state index contributed by atoms with van der Waals surface area (Å²) in [4.78, 5) is 29.7. The van der Waals surface area contributed by atoms with Crippen molar-refractivity contribution in [2.24, 2.45) is 5.92 Å². The number of halogens is 1. The highest BCUT2D eigenvalue weighted by atomic mass is 28.4. The number of para-hydroxylation sites is 1. The Hall–Kier alpha value is -2.55. The zero-order chi connectivity index (χ0) is 25.0. The van der Waals surface area contributed by atoms with Crippen molar-refractivity contribution >= 4 is 31.6 Å². The molecule has 2 aromatic rings. The van der Waals surface area contributed by atoms with Crippen LogP contribution in [0.1, 0.15) is 37.3 Å². The van der Waals surface area contributed by atoms with Crippen LogP contribution in [0.3, 0.4) is 0 Å². The van der Waals surface area contributed by atoms with Gasteiger partial charge in [0.15, 0.2) is 5.60 Å². The number of aliphatic hydroxyl groups is 1. The third kappa shape index (κ3) is 3.82. The molecule has 0 unspecified atom stereocenters. The van der Waals surface area contributed by atoms with Crippen LogP contribution in [0.2, 0.25) is 18.6 Å². The summed E-state index contributed by atoms with van der Waals surface area (Å²) in [5, 5.41) is 9.65. The second-order valence-electron chi connectivity index (χ2n) is 10.5. The summed E-state index contributed by atoms with van der Waals surface area (Å²) in [5.41, 5.74) is 1.72. The predicted molar refractivity (Wildman–Crippen MR) is 135 cm³/mol. The van der Waals surface area contributed by atoms with Crippen LogP contribution in [0.4, 0.5) is 15.5 Å². The zero-order valence-electron chi connectivity index (χ0n) is 20.5. The molecule has 0 saturated carbocycles. The highest BCUT2D eigenvalue weighted by molar-refractivity contribution is 6.72. The highest BCUT2D eigenvalue weighted by Crippen LogP contribution is 2.60. The van der Waals surface area contributed by atoms with Crippen LogP contribution in [0.15, 0.2) is 48.5 Å². The number of benzene rings is 2. The first kappa shape index (κ1) is 24.2. The molecule has 35 heavy (non-hydrogen) atoms. The molecule has 3 aliphatic rings. The summed E-state index contributed by atoms with van der Waals surface area (Å²) in [6.07, 6.45) is 1.26. The number of hydrogen-bond donors (Lipinski definition) is 1. The predicted octanol–water partition coefficient (Wildman–Crippen LogP) is 4.52. The Morgan fingerprint density at radius 1 is 1.14 bits per heavy atom. The van der Waals surface area contributed by atoms with E-state index in [9.17, 15) is 14.7 Å². The number of rotatable bonds is 6. The number of nitrogens with zero attached hydrogens (tertiary/aromatic N) is 2. The van der Waals surface area contributed by atoms with E-state index < -0.39 is 25.7 Å². The molecule has 0 bridgehead atoms. The number of hydrogen-bond acceptors (Lipinski definition) is 4. The van der Waals surface area contributed by atoms with Crippen LogP contribution >= 0.6 is 0 Å². The van der Waals surface area contributed by atoms with Gasteiger partial charge in [-0.2, -0.15) is 0 Å². The standard InChI is InChI=1S/C27H33FN2O4Si/c1-18-25(35(2,3)28)23(14-16-31)34-27(18)21-7-4-5-8-22(21)30(26(27)33)17-19-10-12-20(13-11-19)29-15-6-9-24(29)32/h4-5,7-8,10-13,18,23,25,31H,6,9,14-17H2,1-3H3/t18-,23+,25-,27+/m0/s1. The number of aliphatic hydroxyl groups excluding tert-OH is 1. The van der Waals surface area contributed by atoms with Crippen molar-refractivity contribution < 1.29 is 23.5 Å². The molecule has 0 radical (unpaired) electrons. The molecule has 2 amide bonds. The van der Waals surface area contributed by atoms with Gasteiger partial charge in [-0.25, -0.2) is 0 Å². The van der Waals surface area contributed by atoms with Crippen LogP contribution in [0.5, 0.6) is 0 Å². The first-order valence-corrected chi connectivity index (χ1v) is 15.4. The Morgan fingerprint density at radius 2 is 1.86 bits per heavy atom. The van der Waals surface area contributed by atoms with Gasteiger partial charge in [-0.1, -0.05) is 37.3 Å². The lowest BCUT2D eigenvalue weighted by Gasteiger charge is -2.31. The van der Waals surface area contributed by atoms with Gasteiger partial charge < -0.3 is 23.8 Å². The Morgan fingerprint density at radius 3 is 2.49 bits per heavy atom. The van der Waals surface area contributed by atoms with Crippen LogP contribution in [0.25, 0.3) is 0 Å². The van der Waals surface area contributed by atoms with Crippen molar-refractivity contribution in [1.29, 1.82) is 0 Å². The molecular weight excluding hydrogens is 463 g/mol. The lowest BCUT2D eigenvalue weighted by molar-refractivity contribution is -0.146. The quantitative estimate of drug-likeness (QED) is 0.472. The molecule has 0 aromatic heterocycles. The summed E-state index contributed by atoms with van der Waals surface area (Å²) in [5.74, 6) is -0.386. The monoisotopic (exact) mass is 496 g/mol. The minimum atomic E-state index is -3.19. The third-order valence-electron chi connectivity index (χ3n) is 7.94. The summed E-state index contributed by atoms with van der Waals surface area (Å²) in [6.45, 7) is 6.23. The van der Waals surface area contributed by atoms with Gasteiger partial charge in [-0.3, -0.25) is 9.59 Å². The molecule has 2 saturated heterocycles. The van der Waals surface area contributed by atoms with Crippen LogP contribution in [-0.2, 0) is 26.5 Å². The second-order valence-corrected chi connectivity index (χ2v) is 14.3. The Labute approximate surface area is 206 Å². The van der Waals surface area contributed by atoms with Crippen molar-refractivity contribution in [2.75, 3.05) is 23.0 Å². The summed E-state index contributed by atoms with van der Waals surface area (Å²) >= 11 is 0. The Kier molecular flexibility index (Phi) is 6.10. The molecule has 3 heterocycles. The van der Waals surface area contributed by atoms with E-state index in [-0.39, 0.29) is 24.3 Å². The smallest absolute Gasteiger partial charge is 0.264 e. The van der Waals surface area contributed by atoms with E-state index >= 15 is 4.11 Å². The molecular formula is C27H33FN2O4Si. The van der Waals surface area contributed by atoms with E-state index in [1.54, 1.807) is 22.9 Å². The largest absolute Gasteiger partial charge is 0.396 e. The van der Waals surface area contributed by atoms with Crippen molar-refractivity contribution in [3.8, 4) is 0 Å². The average Bonchev–Trinajstić information content (AvgIpc) is 3.45. The Balaban J connectivity index is 1.48. The van der Waals surface area contributed by atoms with Crippen molar-refractivity contribution in [3.05, 3.63) is 59.7 Å². The van der Waals surface area contributed by atoms with E-state index in [4.69, 9.17) is 4.74 Å². The van der Waals surface area contributed by atoms with Gasteiger partial charge in [-0.05, 0) is 49.7 Å². The van der Waals surface area contributed by atoms with Crippen LogP contribution in [0, 0.1) is 5.92 Å². The lowest BCUT2D eigenvalue weighted by atomic mass is 9.82. The third-order valence-corrected chi connectivity index (χ3v) is 10.4. The van der Waals surface area contributed by atoms with Gasteiger partial charge in [0.25, 0.3) is 5.91 Å². The fraction of sp³-hybridized carbons (Fsp3) is 0.481. The first-order valence-electron chi connectivity index (χ1n) is 12.5. The van der Waals surface area contributed by atoms with Crippen LogP contribution in [-0.4, -0.2) is 44.6 Å². The number of carbonyl (C=O) groups excluding carboxylic acids is 2. The van der Waals surface area contributed by atoms with E-state index in [1.807, 2.05) is 55.5 Å². The maximum absolute atomic E-state index is 15.5. The fourth-order valence-corrected chi connectivity index (χ4v) is 8.98. The Bertz CT molecular complexity index is 1130. The number of anilines is 2. The number of fused-ring (bicyclic) bond motifs is 2. The molecule has 0 aliphatic carbocycles. The molecule has 2 aromatic carbocycles. The molecule has 1 spiro atoms. The summed E-state index contributed by atoms with van der Waals surface area (Å²) in [7, 11) is -3.19. The minimum absolute atomic E-state index is 0.111. The van der Waals surface area contributed by atoms with Crippen molar-refractivity contribution in [3.63, 3.8) is 0 Å². The van der Waals surface area contributed by atoms with Gasteiger partial charge in [0.2, 0.25) is 14.3 Å². The molecule has 6 nitrogen and oxygen atoms in total. The van der Waals surface area contributed by atoms with Gasteiger partial charge in [0.05, 0.1) is 18.3 Å². The minimum Gasteiger partial charge on any atom is -0.396 e. The van der Waals surface area contributed by atoms with E-state index in [0.717, 1.165) is 35.5 Å². The highest BCUT2D eigenvalue weighted by Gasteiger charge is 2.66. The topological polar surface area (TPSA) is 70.1 Å². The van der Waals surface area contributed by atoms with Gasteiger partial charge in [0.1, 0.15) is 0 Å². The number of amides is 2. The van der Waals surface area contributed by atoms with E-state index in [1.165, 1.54) is 0 Å². The molecule has 3 aliphatic heterocycles. The van der Waals surface area contributed by atoms with E-state index in [0.29, 0.717) is 19.4 Å². The van der Waals surface area contributed by atoms with Gasteiger partial charge in [-0.15, -0.1) is 0 Å².